The van der Waals surface area contributed by atoms with Crippen LogP contribution in [0.25, 0.3) is 0 Å². The second-order valence-corrected chi connectivity index (χ2v) is 2.99. The molecular formula is C11H8O3. The first-order chi connectivity index (χ1) is 6.74. The van der Waals surface area contributed by atoms with Crippen LogP contribution in [0.2, 0.25) is 0 Å². The van der Waals surface area contributed by atoms with Gasteiger partial charge in [0.1, 0.15) is 5.75 Å². The van der Waals surface area contributed by atoms with Crippen LogP contribution in [-0.4, -0.2) is 11.6 Å². The van der Waals surface area contributed by atoms with E-state index in [1.165, 1.54) is 6.26 Å². The standard InChI is InChI=1S/C11H8O3/c1-2-14-10-5-3-4-7-8(12)6-9(13)11(7)10/h2-5H,1,6H2. The molecule has 0 aliphatic heterocycles. The van der Waals surface area contributed by atoms with Gasteiger partial charge in [-0.25, -0.2) is 0 Å². The molecule has 1 aromatic rings. The number of ether oxygens (including phenoxy) is 1. The molecule has 70 valence electrons. The van der Waals surface area contributed by atoms with Gasteiger partial charge in [-0.05, 0) is 6.07 Å². The average molecular weight is 188 g/mol. The fraction of sp³-hybridized carbons (Fsp3) is 0.0909. The van der Waals surface area contributed by atoms with Crippen LogP contribution in [0.5, 0.6) is 5.75 Å². The number of Topliss-reactive ketones (excluding diaryl/α,β-unsaturated/α-hetero) is 2. The summed E-state index contributed by atoms with van der Waals surface area (Å²) in [6.45, 7) is 3.41. The summed E-state index contributed by atoms with van der Waals surface area (Å²) in [6.07, 6.45) is 1.19. The molecule has 14 heavy (non-hydrogen) atoms. The van der Waals surface area contributed by atoms with E-state index in [1.54, 1.807) is 18.2 Å². The maximum Gasteiger partial charge on any atom is 0.175 e. The van der Waals surface area contributed by atoms with Crippen molar-refractivity contribution in [3.05, 3.63) is 42.2 Å². The van der Waals surface area contributed by atoms with Gasteiger partial charge in [-0.15, -0.1) is 0 Å². The van der Waals surface area contributed by atoms with Crippen LogP contribution in [0.4, 0.5) is 0 Å². The zero-order valence-electron chi connectivity index (χ0n) is 7.45. The molecule has 1 aliphatic carbocycles. The van der Waals surface area contributed by atoms with Gasteiger partial charge in [0.15, 0.2) is 11.6 Å². The fourth-order valence-electron chi connectivity index (χ4n) is 1.57. The van der Waals surface area contributed by atoms with Gasteiger partial charge >= 0.3 is 0 Å². The van der Waals surface area contributed by atoms with E-state index in [-0.39, 0.29) is 18.0 Å². The molecule has 0 amide bonds. The van der Waals surface area contributed by atoms with E-state index in [0.29, 0.717) is 16.9 Å². The van der Waals surface area contributed by atoms with E-state index in [0.717, 1.165) is 0 Å². The normalized spacial score (nSPS) is 14.0. The first kappa shape index (κ1) is 8.69. The molecule has 1 aliphatic rings. The lowest BCUT2D eigenvalue weighted by atomic mass is 10.1. The lowest BCUT2D eigenvalue weighted by Gasteiger charge is -2.03. The Bertz CT molecular complexity index is 432. The predicted molar refractivity (Wildman–Crippen MR) is 50.5 cm³/mol. The molecule has 0 N–H and O–H groups in total. The lowest BCUT2D eigenvalue weighted by Crippen LogP contribution is -1.95. The Morgan fingerprint density at radius 3 is 2.79 bits per heavy atom. The van der Waals surface area contributed by atoms with E-state index in [2.05, 4.69) is 6.58 Å². The maximum absolute atomic E-state index is 11.4. The number of hydrogen-bond donors (Lipinski definition) is 0. The Morgan fingerprint density at radius 1 is 1.29 bits per heavy atom. The minimum atomic E-state index is -0.178. The van der Waals surface area contributed by atoms with Crippen molar-refractivity contribution in [3.63, 3.8) is 0 Å². The molecule has 2 rings (SSSR count). The van der Waals surface area contributed by atoms with Crippen LogP contribution in [0.1, 0.15) is 27.1 Å². The van der Waals surface area contributed by atoms with Crippen molar-refractivity contribution in [1.29, 1.82) is 0 Å². The third-order valence-corrected chi connectivity index (χ3v) is 2.14. The summed E-state index contributed by atoms with van der Waals surface area (Å²) in [5.41, 5.74) is 0.840. The molecule has 3 nitrogen and oxygen atoms in total. The number of carbonyl (C=O) groups is 2. The van der Waals surface area contributed by atoms with E-state index in [4.69, 9.17) is 4.74 Å². The van der Waals surface area contributed by atoms with Crippen molar-refractivity contribution < 1.29 is 14.3 Å². The number of rotatable bonds is 2. The van der Waals surface area contributed by atoms with Crippen LogP contribution in [0.15, 0.2) is 31.0 Å². The molecular weight excluding hydrogens is 180 g/mol. The van der Waals surface area contributed by atoms with Crippen molar-refractivity contribution in [2.45, 2.75) is 6.42 Å². The van der Waals surface area contributed by atoms with Gasteiger partial charge in [-0.2, -0.15) is 0 Å². The van der Waals surface area contributed by atoms with E-state index in [9.17, 15) is 9.59 Å². The molecule has 0 radical (unpaired) electrons. The topological polar surface area (TPSA) is 43.4 Å². The summed E-state index contributed by atoms with van der Waals surface area (Å²) < 4.78 is 5.06. The molecule has 0 spiro atoms. The molecule has 0 aromatic heterocycles. The quantitative estimate of drug-likeness (QED) is 0.526. The summed E-state index contributed by atoms with van der Waals surface area (Å²) >= 11 is 0. The molecule has 0 heterocycles. The van der Waals surface area contributed by atoms with Gasteiger partial charge in [0.2, 0.25) is 0 Å². The van der Waals surface area contributed by atoms with Gasteiger partial charge in [-0.1, -0.05) is 18.7 Å². The van der Waals surface area contributed by atoms with E-state index >= 15 is 0 Å². The van der Waals surface area contributed by atoms with E-state index < -0.39 is 0 Å². The summed E-state index contributed by atoms with van der Waals surface area (Å²) in [4.78, 5) is 22.8. The molecule has 0 bridgehead atoms. The second-order valence-electron chi connectivity index (χ2n) is 2.99. The molecule has 0 atom stereocenters. The van der Waals surface area contributed by atoms with Crippen LogP contribution in [0, 0.1) is 0 Å². The SMILES string of the molecule is C=COc1cccc2c1C(=O)CC2=O. The number of fused-ring (bicyclic) bond motifs is 1. The zero-order chi connectivity index (χ0) is 10.1. The van der Waals surface area contributed by atoms with Crippen molar-refractivity contribution in [2.24, 2.45) is 0 Å². The van der Waals surface area contributed by atoms with Gasteiger partial charge in [0, 0.05) is 5.56 Å². The third kappa shape index (κ3) is 1.14. The largest absolute Gasteiger partial charge is 0.465 e. The average Bonchev–Trinajstić information content (AvgIpc) is 2.44. The third-order valence-electron chi connectivity index (χ3n) is 2.14. The maximum atomic E-state index is 11.4. The first-order valence-corrected chi connectivity index (χ1v) is 4.21. The highest BCUT2D eigenvalue weighted by atomic mass is 16.5. The minimum Gasteiger partial charge on any atom is -0.465 e. The highest BCUT2D eigenvalue weighted by Crippen LogP contribution is 2.30. The summed E-state index contributed by atoms with van der Waals surface area (Å²) in [6, 6.07) is 4.98. The smallest absolute Gasteiger partial charge is 0.175 e. The molecule has 1 aromatic carbocycles. The van der Waals surface area contributed by atoms with Crippen molar-refractivity contribution in [3.8, 4) is 5.75 Å². The second kappa shape index (κ2) is 3.10. The Hall–Kier alpha value is -1.90. The number of carbonyl (C=O) groups excluding carboxylic acids is 2. The van der Waals surface area contributed by atoms with Crippen LogP contribution < -0.4 is 4.74 Å². The van der Waals surface area contributed by atoms with Gasteiger partial charge in [-0.3, -0.25) is 9.59 Å². The summed E-state index contributed by atoms with van der Waals surface area (Å²) in [7, 11) is 0. The first-order valence-electron chi connectivity index (χ1n) is 4.21. The Labute approximate surface area is 81.0 Å². The summed E-state index contributed by atoms with van der Waals surface area (Å²) in [5.74, 6) is 0.0929. The van der Waals surface area contributed by atoms with Crippen LogP contribution in [-0.2, 0) is 0 Å². The van der Waals surface area contributed by atoms with Crippen molar-refractivity contribution in [2.75, 3.05) is 0 Å². The van der Waals surface area contributed by atoms with Crippen molar-refractivity contribution in [1.82, 2.24) is 0 Å². The molecule has 0 fully saturated rings. The Kier molecular flexibility index (Phi) is 1.93. The fourth-order valence-corrected chi connectivity index (χ4v) is 1.57. The van der Waals surface area contributed by atoms with Gasteiger partial charge < -0.3 is 4.74 Å². The monoisotopic (exact) mass is 188 g/mol. The highest BCUT2D eigenvalue weighted by Gasteiger charge is 2.30. The molecule has 3 heteroatoms. The summed E-state index contributed by atoms with van der Waals surface area (Å²) in [5, 5.41) is 0. The number of hydrogen-bond acceptors (Lipinski definition) is 3. The molecule has 0 saturated carbocycles. The Balaban J connectivity index is 2.61. The van der Waals surface area contributed by atoms with Crippen LogP contribution >= 0.6 is 0 Å². The number of ketones is 2. The molecule has 0 saturated heterocycles. The minimum absolute atomic E-state index is 0.0488. The molecule has 0 unspecified atom stereocenters. The van der Waals surface area contributed by atoms with Crippen LogP contribution in [0.3, 0.4) is 0 Å². The van der Waals surface area contributed by atoms with Gasteiger partial charge in [0.05, 0.1) is 18.2 Å². The highest BCUT2D eigenvalue weighted by molar-refractivity contribution is 6.25. The zero-order valence-corrected chi connectivity index (χ0v) is 7.45. The van der Waals surface area contributed by atoms with E-state index in [1.807, 2.05) is 0 Å². The Morgan fingerprint density at radius 2 is 2.07 bits per heavy atom. The number of benzene rings is 1. The van der Waals surface area contributed by atoms with Gasteiger partial charge in [0.25, 0.3) is 0 Å². The lowest BCUT2D eigenvalue weighted by molar-refractivity contribution is 0.0922. The predicted octanol–water partition coefficient (Wildman–Crippen LogP) is 1.98. The van der Waals surface area contributed by atoms with Crippen molar-refractivity contribution >= 4 is 11.6 Å².